The molecule has 10 heteroatoms. The molecular weight excluding hydrogens is 425 g/mol. The lowest BCUT2D eigenvalue weighted by Gasteiger charge is -2.13. The number of H-pyrrole nitrogens is 1. The molecule has 0 fully saturated rings. The second kappa shape index (κ2) is 9.90. The number of halogens is 1. The minimum absolute atomic E-state index is 0. The molecule has 2 aromatic rings. The third kappa shape index (κ3) is 5.83. The normalized spacial score (nSPS) is 10.9. The summed E-state index contributed by atoms with van der Waals surface area (Å²) in [5, 5.41) is 12.9. The van der Waals surface area contributed by atoms with Crippen molar-refractivity contribution in [3.63, 3.8) is 0 Å². The van der Waals surface area contributed by atoms with Gasteiger partial charge in [0, 0.05) is 20.6 Å². The van der Waals surface area contributed by atoms with Crippen molar-refractivity contribution in [2.45, 2.75) is 13.5 Å². The highest BCUT2D eigenvalue weighted by atomic mass is 127. The molecule has 24 heavy (non-hydrogen) atoms. The summed E-state index contributed by atoms with van der Waals surface area (Å²) in [5.41, 5.74) is 0. The number of furan rings is 1. The van der Waals surface area contributed by atoms with Crippen LogP contribution in [0.15, 0.2) is 27.8 Å². The van der Waals surface area contributed by atoms with Gasteiger partial charge in [0.05, 0.1) is 12.8 Å². The molecule has 0 unspecified atom stereocenters. The van der Waals surface area contributed by atoms with Gasteiger partial charge in [-0.3, -0.25) is 9.89 Å². The fourth-order valence-corrected chi connectivity index (χ4v) is 1.70. The van der Waals surface area contributed by atoms with Crippen LogP contribution in [0.1, 0.15) is 12.7 Å². The van der Waals surface area contributed by atoms with E-state index < -0.39 is 0 Å². The van der Waals surface area contributed by atoms with Crippen LogP contribution in [-0.4, -0.2) is 59.1 Å². The Balaban J connectivity index is 0.00000288. The van der Waals surface area contributed by atoms with E-state index in [1.54, 1.807) is 32.5 Å². The first kappa shape index (κ1) is 19.9. The highest BCUT2D eigenvalue weighted by molar-refractivity contribution is 14.0. The highest BCUT2D eigenvalue weighted by Crippen LogP contribution is 2.14. The predicted octanol–water partition coefficient (Wildman–Crippen LogP) is 0.826. The molecule has 2 aromatic heterocycles. The van der Waals surface area contributed by atoms with Crippen LogP contribution in [0.25, 0.3) is 11.6 Å². The van der Waals surface area contributed by atoms with Gasteiger partial charge in [0.15, 0.2) is 11.7 Å². The van der Waals surface area contributed by atoms with E-state index >= 15 is 0 Å². The second-order valence-electron chi connectivity index (χ2n) is 4.92. The number of guanidine groups is 1. The van der Waals surface area contributed by atoms with Crippen molar-refractivity contribution >= 4 is 35.8 Å². The number of hydrogen-bond acceptors (Lipinski definition) is 5. The summed E-state index contributed by atoms with van der Waals surface area (Å²) in [7, 11) is 3.41. The van der Waals surface area contributed by atoms with Crippen molar-refractivity contribution in [3.8, 4) is 11.6 Å². The van der Waals surface area contributed by atoms with Crippen LogP contribution in [0.4, 0.5) is 0 Å². The van der Waals surface area contributed by atoms with Gasteiger partial charge in [-0.1, -0.05) is 0 Å². The van der Waals surface area contributed by atoms with E-state index in [1.165, 1.54) is 4.90 Å². The minimum atomic E-state index is -0.0321. The number of nitrogens with one attached hydrogen (secondary N) is 3. The summed E-state index contributed by atoms with van der Waals surface area (Å²) in [6.45, 7) is 3.12. The van der Waals surface area contributed by atoms with Gasteiger partial charge >= 0.3 is 0 Å². The highest BCUT2D eigenvalue weighted by Gasteiger charge is 2.09. The van der Waals surface area contributed by atoms with Crippen LogP contribution in [0.5, 0.6) is 0 Å². The molecule has 0 radical (unpaired) electrons. The number of aliphatic imine (C=N–C) groups is 1. The van der Waals surface area contributed by atoms with Crippen LogP contribution in [-0.2, 0) is 11.3 Å². The number of aromatic amines is 1. The number of aromatic nitrogens is 3. The van der Waals surface area contributed by atoms with Gasteiger partial charge in [-0.25, -0.2) is 9.98 Å². The topological polar surface area (TPSA) is 111 Å². The quantitative estimate of drug-likeness (QED) is 0.344. The number of likely N-dealkylation sites (N-methyl/N-ethyl adjacent to an activating group) is 1. The first-order valence-corrected chi connectivity index (χ1v) is 7.27. The van der Waals surface area contributed by atoms with Crippen molar-refractivity contribution in [3.05, 3.63) is 24.2 Å². The van der Waals surface area contributed by atoms with Crippen LogP contribution >= 0.6 is 24.0 Å². The molecule has 2 rings (SSSR count). The zero-order valence-corrected chi connectivity index (χ0v) is 16.2. The van der Waals surface area contributed by atoms with E-state index in [2.05, 4.69) is 30.8 Å². The van der Waals surface area contributed by atoms with Crippen molar-refractivity contribution in [1.29, 1.82) is 0 Å². The van der Waals surface area contributed by atoms with Crippen LogP contribution in [0.3, 0.4) is 0 Å². The average molecular weight is 447 g/mol. The zero-order valence-electron chi connectivity index (χ0n) is 13.9. The van der Waals surface area contributed by atoms with Gasteiger partial charge in [-0.2, -0.15) is 0 Å². The Hall–Kier alpha value is -2.11. The Kier molecular flexibility index (Phi) is 8.22. The minimum Gasteiger partial charge on any atom is -0.461 e. The molecule has 132 valence electrons. The second-order valence-corrected chi connectivity index (χ2v) is 4.92. The first-order chi connectivity index (χ1) is 11.1. The van der Waals surface area contributed by atoms with E-state index in [4.69, 9.17) is 4.42 Å². The lowest BCUT2D eigenvalue weighted by molar-refractivity contribution is -0.127. The molecule has 1 amide bonds. The largest absolute Gasteiger partial charge is 0.461 e. The summed E-state index contributed by atoms with van der Waals surface area (Å²) in [6.07, 6.45) is 1.57. The maximum absolute atomic E-state index is 11.6. The molecule has 0 saturated carbocycles. The Labute approximate surface area is 157 Å². The third-order valence-corrected chi connectivity index (χ3v) is 2.91. The van der Waals surface area contributed by atoms with E-state index in [-0.39, 0.29) is 36.4 Å². The lowest BCUT2D eigenvalue weighted by atomic mass is 10.4. The van der Waals surface area contributed by atoms with E-state index in [0.29, 0.717) is 36.5 Å². The Morgan fingerprint density at radius 1 is 1.42 bits per heavy atom. The summed E-state index contributed by atoms with van der Waals surface area (Å²) in [5.74, 6) is 2.19. The number of carbonyl (C=O) groups excluding carboxylic acids is 1. The van der Waals surface area contributed by atoms with Crippen LogP contribution in [0, 0.1) is 0 Å². The summed E-state index contributed by atoms with van der Waals surface area (Å²) < 4.78 is 5.24. The van der Waals surface area contributed by atoms with E-state index in [1.807, 2.05) is 6.92 Å². The van der Waals surface area contributed by atoms with Crippen molar-refractivity contribution in [2.75, 3.05) is 27.2 Å². The molecule has 2 heterocycles. The molecule has 0 aromatic carbocycles. The molecule has 0 aliphatic heterocycles. The number of nitrogens with zero attached hydrogens (tertiary/aromatic N) is 4. The van der Waals surface area contributed by atoms with Gasteiger partial charge in [0.25, 0.3) is 0 Å². The Bertz CT molecular complexity index is 652. The van der Waals surface area contributed by atoms with Crippen LogP contribution in [0.2, 0.25) is 0 Å². The lowest BCUT2D eigenvalue weighted by Crippen LogP contribution is -2.42. The molecule has 0 aliphatic rings. The molecule has 9 nitrogen and oxygen atoms in total. The van der Waals surface area contributed by atoms with Gasteiger partial charge in [-0.15, -0.1) is 29.1 Å². The molecule has 0 aliphatic carbocycles. The third-order valence-electron chi connectivity index (χ3n) is 2.91. The smallest absolute Gasteiger partial charge is 0.241 e. The van der Waals surface area contributed by atoms with Crippen molar-refractivity contribution in [1.82, 2.24) is 30.7 Å². The average Bonchev–Trinajstić information content (AvgIpc) is 3.20. The molecule has 0 saturated heterocycles. The van der Waals surface area contributed by atoms with E-state index in [9.17, 15) is 4.79 Å². The number of rotatable bonds is 6. The number of carbonyl (C=O) groups is 1. The van der Waals surface area contributed by atoms with Gasteiger partial charge in [0.2, 0.25) is 11.7 Å². The molecule has 0 spiro atoms. The summed E-state index contributed by atoms with van der Waals surface area (Å²) in [6, 6.07) is 3.56. The van der Waals surface area contributed by atoms with E-state index in [0.717, 1.165) is 0 Å². The maximum atomic E-state index is 11.6. The molecule has 0 atom stereocenters. The SMILES string of the molecule is CCNC(=NCc1nc(-c2ccco2)n[nH]1)NCC(=O)N(C)C.I. The van der Waals surface area contributed by atoms with Crippen LogP contribution < -0.4 is 10.6 Å². The van der Waals surface area contributed by atoms with Gasteiger partial charge in [-0.05, 0) is 19.1 Å². The summed E-state index contributed by atoms with van der Waals surface area (Å²) in [4.78, 5) is 21.8. The fourth-order valence-electron chi connectivity index (χ4n) is 1.70. The number of amides is 1. The molecular formula is C14H22IN7O2. The molecule has 0 bridgehead atoms. The van der Waals surface area contributed by atoms with Gasteiger partial charge < -0.3 is 20.0 Å². The predicted molar refractivity (Wildman–Crippen MR) is 101 cm³/mol. The van der Waals surface area contributed by atoms with Crippen molar-refractivity contribution in [2.24, 2.45) is 4.99 Å². The monoisotopic (exact) mass is 447 g/mol. The fraction of sp³-hybridized carbons (Fsp3) is 0.429. The summed E-state index contributed by atoms with van der Waals surface area (Å²) >= 11 is 0. The Morgan fingerprint density at radius 2 is 2.21 bits per heavy atom. The standard InChI is InChI=1S/C14H21N7O2.HI/c1-4-15-14(17-9-12(22)21(2)3)16-8-11-18-13(20-19-11)10-6-5-7-23-10;/h5-7H,4,8-9H2,1-3H3,(H2,15,16,17)(H,18,19,20);1H. The number of hydrogen-bond donors (Lipinski definition) is 3. The molecule has 3 N–H and O–H groups in total. The Morgan fingerprint density at radius 3 is 2.83 bits per heavy atom. The maximum Gasteiger partial charge on any atom is 0.241 e. The first-order valence-electron chi connectivity index (χ1n) is 7.27. The van der Waals surface area contributed by atoms with Crippen molar-refractivity contribution < 1.29 is 9.21 Å². The van der Waals surface area contributed by atoms with Gasteiger partial charge in [0.1, 0.15) is 12.4 Å². The zero-order chi connectivity index (χ0) is 16.7.